The van der Waals surface area contributed by atoms with Crippen LogP contribution in [-0.2, 0) is 14.3 Å². The van der Waals surface area contributed by atoms with Crippen molar-refractivity contribution in [3.8, 4) is 0 Å². The molecule has 0 spiro atoms. The fourth-order valence-corrected chi connectivity index (χ4v) is 3.92. The van der Waals surface area contributed by atoms with E-state index in [2.05, 4.69) is 17.6 Å². The Morgan fingerprint density at radius 3 is 2.28 bits per heavy atom. The van der Waals surface area contributed by atoms with E-state index in [-0.39, 0.29) is 30.8 Å². The number of rotatable bonds is 6. The largest absolute Gasteiger partial charge is 0.444 e. The molecule has 1 aliphatic heterocycles. The van der Waals surface area contributed by atoms with Crippen LogP contribution in [0.3, 0.4) is 0 Å². The van der Waals surface area contributed by atoms with Crippen molar-refractivity contribution in [3.05, 3.63) is 11.6 Å². The lowest BCUT2D eigenvalue weighted by atomic mass is 9.98. The van der Waals surface area contributed by atoms with E-state index in [1.165, 1.54) is 31.3 Å². The smallest absolute Gasteiger partial charge is 0.407 e. The van der Waals surface area contributed by atoms with Gasteiger partial charge in [-0.25, -0.2) is 4.79 Å². The molecular formula is C22H37N3O4. The Morgan fingerprint density at radius 1 is 1.07 bits per heavy atom. The number of likely N-dealkylation sites (tertiary alicyclic amines) is 1. The summed E-state index contributed by atoms with van der Waals surface area (Å²) in [6.07, 6.45) is 7.96. The highest BCUT2D eigenvalue weighted by molar-refractivity contribution is 5.88. The first-order chi connectivity index (χ1) is 13.6. The number of alkyl carbamates (subject to hydrolysis) is 1. The van der Waals surface area contributed by atoms with Crippen LogP contribution in [0.2, 0.25) is 0 Å². The highest BCUT2D eigenvalue weighted by atomic mass is 16.6. The topological polar surface area (TPSA) is 87.7 Å². The molecule has 2 rings (SSSR count). The molecule has 7 nitrogen and oxygen atoms in total. The predicted molar refractivity (Wildman–Crippen MR) is 112 cm³/mol. The summed E-state index contributed by atoms with van der Waals surface area (Å²) in [5.41, 5.74) is 0.656. The van der Waals surface area contributed by atoms with Gasteiger partial charge < -0.3 is 20.3 Å². The van der Waals surface area contributed by atoms with Crippen LogP contribution >= 0.6 is 0 Å². The third kappa shape index (κ3) is 8.46. The molecular weight excluding hydrogens is 370 g/mol. The fraction of sp³-hybridized carbons (Fsp3) is 0.773. The molecule has 3 amide bonds. The lowest BCUT2D eigenvalue weighted by molar-refractivity contribution is -0.127. The van der Waals surface area contributed by atoms with Gasteiger partial charge in [0, 0.05) is 38.2 Å². The molecule has 0 bridgehead atoms. The first-order valence-corrected chi connectivity index (χ1v) is 10.9. The number of ether oxygens (including phenoxy) is 1. The van der Waals surface area contributed by atoms with Gasteiger partial charge in [0.2, 0.25) is 11.8 Å². The van der Waals surface area contributed by atoms with Crippen molar-refractivity contribution in [2.24, 2.45) is 5.92 Å². The van der Waals surface area contributed by atoms with E-state index in [0.29, 0.717) is 19.0 Å². The van der Waals surface area contributed by atoms with Crippen molar-refractivity contribution >= 4 is 17.9 Å². The second kappa shape index (κ2) is 10.6. The fourth-order valence-electron chi connectivity index (χ4n) is 3.92. The molecule has 0 aromatic rings. The Morgan fingerprint density at radius 2 is 1.69 bits per heavy atom. The van der Waals surface area contributed by atoms with E-state index < -0.39 is 11.7 Å². The van der Waals surface area contributed by atoms with E-state index in [4.69, 9.17) is 4.74 Å². The Labute approximate surface area is 174 Å². The number of carbonyl (C=O) groups excluding carboxylic acids is 3. The van der Waals surface area contributed by atoms with Crippen LogP contribution in [0, 0.1) is 5.92 Å². The molecule has 1 heterocycles. The van der Waals surface area contributed by atoms with Crippen LogP contribution in [0.4, 0.5) is 4.79 Å². The van der Waals surface area contributed by atoms with Gasteiger partial charge in [0.05, 0.1) is 0 Å². The zero-order chi connectivity index (χ0) is 21.4. The van der Waals surface area contributed by atoms with Gasteiger partial charge in [-0.2, -0.15) is 0 Å². The maximum absolute atomic E-state index is 12.5. The van der Waals surface area contributed by atoms with Gasteiger partial charge in [-0.1, -0.05) is 18.4 Å². The van der Waals surface area contributed by atoms with E-state index >= 15 is 0 Å². The van der Waals surface area contributed by atoms with Gasteiger partial charge in [-0.3, -0.25) is 9.59 Å². The Balaban J connectivity index is 1.64. The first-order valence-electron chi connectivity index (χ1n) is 10.9. The minimum Gasteiger partial charge on any atom is -0.444 e. The maximum atomic E-state index is 12.5. The van der Waals surface area contributed by atoms with Gasteiger partial charge in [0.15, 0.2) is 0 Å². The quantitative estimate of drug-likeness (QED) is 0.662. The molecule has 0 aromatic heterocycles. The molecule has 1 saturated carbocycles. The Bertz CT molecular complexity index is 610. The third-order valence-electron chi connectivity index (χ3n) is 5.54. The van der Waals surface area contributed by atoms with Crippen molar-refractivity contribution in [1.29, 1.82) is 0 Å². The molecule has 1 aliphatic carbocycles. The SMILES string of the molecule is C/C(=C\C(=O)N1CCC(NC(=O)CCNC(=O)OC(C)(C)C)CC1)C1CCCC1. The number of carbonyl (C=O) groups is 3. The minimum absolute atomic E-state index is 0.0768. The summed E-state index contributed by atoms with van der Waals surface area (Å²) in [7, 11) is 0. The van der Waals surface area contributed by atoms with E-state index in [1.807, 2.05) is 11.0 Å². The number of piperidine rings is 1. The first kappa shape index (κ1) is 23.2. The van der Waals surface area contributed by atoms with Crippen LogP contribution < -0.4 is 10.6 Å². The number of nitrogens with zero attached hydrogens (tertiary/aromatic N) is 1. The zero-order valence-electron chi connectivity index (χ0n) is 18.4. The molecule has 29 heavy (non-hydrogen) atoms. The second-order valence-electron chi connectivity index (χ2n) is 9.22. The van der Waals surface area contributed by atoms with Crippen molar-refractivity contribution in [2.75, 3.05) is 19.6 Å². The van der Waals surface area contributed by atoms with Crippen LogP contribution in [0.1, 0.15) is 72.6 Å². The molecule has 164 valence electrons. The molecule has 2 N–H and O–H groups in total. The van der Waals surface area contributed by atoms with Crippen molar-refractivity contribution < 1.29 is 19.1 Å². The molecule has 0 aromatic carbocycles. The second-order valence-corrected chi connectivity index (χ2v) is 9.22. The summed E-state index contributed by atoms with van der Waals surface area (Å²) in [4.78, 5) is 38.1. The zero-order valence-corrected chi connectivity index (χ0v) is 18.4. The van der Waals surface area contributed by atoms with Gasteiger partial charge in [-0.05, 0) is 59.3 Å². The van der Waals surface area contributed by atoms with E-state index in [9.17, 15) is 14.4 Å². The van der Waals surface area contributed by atoms with Gasteiger partial charge in [0.1, 0.15) is 5.60 Å². The normalized spacial score (nSPS) is 19.2. The molecule has 7 heteroatoms. The molecule has 0 unspecified atom stereocenters. The van der Waals surface area contributed by atoms with Gasteiger partial charge in [0.25, 0.3) is 0 Å². The molecule has 0 radical (unpaired) electrons. The lowest BCUT2D eigenvalue weighted by Crippen LogP contribution is -2.46. The highest BCUT2D eigenvalue weighted by Crippen LogP contribution is 2.30. The molecule has 0 atom stereocenters. The molecule has 1 saturated heterocycles. The summed E-state index contributed by atoms with van der Waals surface area (Å²) in [6.45, 7) is 9.02. The van der Waals surface area contributed by atoms with Crippen molar-refractivity contribution in [1.82, 2.24) is 15.5 Å². The summed E-state index contributed by atoms with van der Waals surface area (Å²) < 4.78 is 5.14. The number of hydrogen-bond acceptors (Lipinski definition) is 4. The van der Waals surface area contributed by atoms with Crippen LogP contribution in [0.5, 0.6) is 0 Å². The number of allylic oxidation sites excluding steroid dienone is 1. The van der Waals surface area contributed by atoms with Crippen molar-refractivity contribution in [2.45, 2.75) is 84.3 Å². The summed E-state index contributed by atoms with van der Waals surface area (Å²) in [5, 5.41) is 5.59. The standard InChI is InChI=1S/C22H37N3O4/c1-16(17-7-5-6-8-17)15-20(27)25-13-10-18(11-14-25)24-19(26)9-12-23-21(28)29-22(2,3)4/h15,17-18H,5-14H2,1-4H3,(H,23,28)(H,24,26)/b16-15+. The average molecular weight is 408 g/mol. The Hall–Kier alpha value is -2.05. The van der Waals surface area contributed by atoms with Gasteiger partial charge >= 0.3 is 6.09 Å². The van der Waals surface area contributed by atoms with Gasteiger partial charge in [-0.15, -0.1) is 0 Å². The number of amides is 3. The molecule has 2 fully saturated rings. The Kier molecular flexibility index (Phi) is 8.53. The summed E-state index contributed by atoms with van der Waals surface area (Å²) >= 11 is 0. The van der Waals surface area contributed by atoms with E-state index in [0.717, 1.165) is 12.8 Å². The third-order valence-corrected chi connectivity index (χ3v) is 5.54. The summed E-state index contributed by atoms with van der Waals surface area (Å²) in [6, 6.07) is 0.0768. The summed E-state index contributed by atoms with van der Waals surface area (Å²) in [5.74, 6) is 0.577. The van der Waals surface area contributed by atoms with Crippen LogP contribution in [0.25, 0.3) is 0 Å². The number of hydrogen-bond donors (Lipinski definition) is 2. The van der Waals surface area contributed by atoms with Crippen LogP contribution in [0.15, 0.2) is 11.6 Å². The van der Waals surface area contributed by atoms with Crippen LogP contribution in [-0.4, -0.2) is 54.1 Å². The lowest BCUT2D eigenvalue weighted by Gasteiger charge is -2.32. The number of nitrogens with one attached hydrogen (secondary N) is 2. The van der Waals surface area contributed by atoms with E-state index in [1.54, 1.807) is 20.8 Å². The monoisotopic (exact) mass is 407 g/mol. The highest BCUT2D eigenvalue weighted by Gasteiger charge is 2.24. The molecule has 2 aliphatic rings. The predicted octanol–water partition coefficient (Wildman–Crippen LogP) is 3.14. The maximum Gasteiger partial charge on any atom is 0.407 e. The average Bonchev–Trinajstić information content (AvgIpc) is 3.15. The minimum atomic E-state index is -0.553. The van der Waals surface area contributed by atoms with Crippen molar-refractivity contribution in [3.63, 3.8) is 0 Å².